The van der Waals surface area contributed by atoms with E-state index in [1.54, 1.807) is 0 Å². The van der Waals surface area contributed by atoms with Gasteiger partial charge in [-0.25, -0.2) is 0 Å². The van der Waals surface area contributed by atoms with Crippen molar-refractivity contribution in [3.63, 3.8) is 0 Å². The summed E-state index contributed by atoms with van der Waals surface area (Å²) in [5.74, 6) is -0.0928. The van der Waals surface area contributed by atoms with Crippen LogP contribution >= 0.6 is 34.8 Å². The van der Waals surface area contributed by atoms with Crippen molar-refractivity contribution < 1.29 is 9.53 Å². The van der Waals surface area contributed by atoms with Crippen LogP contribution in [0.5, 0.6) is 0 Å². The van der Waals surface area contributed by atoms with Crippen LogP contribution in [0.15, 0.2) is 0 Å². The zero-order valence-corrected chi connectivity index (χ0v) is 10.2. The van der Waals surface area contributed by atoms with Crippen molar-refractivity contribution in [3.8, 4) is 0 Å². The topological polar surface area (TPSA) is 26.3 Å². The number of methoxy groups -OCH3 is 1. The maximum Gasteiger partial charge on any atom is 0.308 e. The molecule has 5 heteroatoms. The molecule has 0 radical (unpaired) electrons. The summed E-state index contributed by atoms with van der Waals surface area (Å²) >= 11 is 17.4. The second-order valence-corrected chi connectivity index (χ2v) is 5.98. The van der Waals surface area contributed by atoms with Gasteiger partial charge in [0.1, 0.15) is 0 Å². The van der Waals surface area contributed by atoms with Gasteiger partial charge in [-0.2, -0.15) is 0 Å². The molecule has 0 spiro atoms. The van der Waals surface area contributed by atoms with E-state index in [0.29, 0.717) is 0 Å². The lowest BCUT2D eigenvalue weighted by atomic mass is 9.83. The van der Waals surface area contributed by atoms with E-state index in [1.807, 2.05) is 0 Å². The van der Waals surface area contributed by atoms with Crippen LogP contribution in [0, 0.1) is 11.8 Å². The van der Waals surface area contributed by atoms with Crippen LogP contribution in [0.1, 0.15) is 25.7 Å². The molecule has 0 atom stereocenters. The van der Waals surface area contributed by atoms with Crippen LogP contribution in [0.25, 0.3) is 0 Å². The highest BCUT2D eigenvalue weighted by atomic mass is 35.6. The number of hydrogen-bond donors (Lipinski definition) is 0. The lowest BCUT2D eigenvalue weighted by molar-refractivity contribution is -0.146. The molecule has 1 aliphatic rings. The third-order valence-corrected chi connectivity index (χ3v) is 3.65. The first kappa shape index (κ1) is 12.4. The maximum absolute atomic E-state index is 11.2. The Morgan fingerprint density at radius 1 is 1.21 bits per heavy atom. The van der Waals surface area contributed by atoms with Gasteiger partial charge >= 0.3 is 5.97 Å². The van der Waals surface area contributed by atoms with Crippen molar-refractivity contribution in [2.24, 2.45) is 11.8 Å². The molecular weight excluding hydrogens is 246 g/mol. The van der Waals surface area contributed by atoms with E-state index >= 15 is 0 Å². The SMILES string of the molecule is COC(=O)C1CCC(C(Cl)(Cl)Cl)CC1. The van der Waals surface area contributed by atoms with E-state index in [9.17, 15) is 4.79 Å². The fraction of sp³-hybridized carbons (Fsp3) is 0.889. The van der Waals surface area contributed by atoms with Crippen molar-refractivity contribution in [1.82, 2.24) is 0 Å². The van der Waals surface area contributed by atoms with Gasteiger partial charge in [0.05, 0.1) is 13.0 Å². The Morgan fingerprint density at radius 2 is 1.71 bits per heavy atom. The number of esters is 1. The zero-order valence-electron chi connectivity index (χ0n) is 7.93. The molecule has 0 amide bonds. The third kappa shape index (κ3) is 3.18. The van der Waals surface area contributed by atoms with Crippen LogP contribution in [-0.2, 0) is 9.53 Å². The lowest BCUT2D eigenvalue weighted by Gasteiger charge is -2.31. The van der Waals surface area contributed by atoms with Gasteiger partial charge in [0.15, 0.2) is 3.79 Å². The van der Waals surface area contributed by atoms with E-state index in [-0.39, 0.29) is 17.8 Å². The van der Waals surface area contributed by atoms with Gasteiger partial charge in [0.25, 0.3) is 0 Å². The average molecular weight is 260 g/mol. The highest BCUT2D eigenvalue weighted by molar-refractivity contribution is 6.67. The van der Waals surface area contributed by atoms with E-state index in [2.05, 4.69) is 4.74 Å². The molecule has 0 heterocycles. The van der Waals surface area contributed by atoms with Crippen molar-refractivity contribution in [3.05, 3.63) is 0 Å². The molecule has 82 valence electrons. The molecule has 0 saturated heterocycles. The standard InChI is InChI=1S/C9H13Cl3O2/c1-14-8(13)6-2-4-7(5-3-6)9(10,11)12/h6-7H,2-5H2,1H3. The minimum absolute atomic E-state index is 0.0106. The molecule has 1 aliphatic carbocycles. The van der Waals surface area contributed by atoms with Gasteiger partial charge in [-0.3, -0.25) is 4.79 Å². The number of carbonyl (C=O) groups excluding carboxylic acids is 1. The highest BCUT2D eigenvalue weighted by Crippen LogP contribution is 2.44. The first-order valence-electron chi connectivity index (χ1n) is 4.59. The predicted octanol–water partition coefficient (Wildman–Crippen LogP) is 3.34. The number of carbonyl (C=O) groups is 1. The fourth-order valence-corrected chi connectivity index (χ4v) is 2.48. The Labute approximate surface area is 98.8 Å². The lowest BCUT2D eigenvalue weighted by Crippen LogP contribution is -2.28. The van der Waals surface area contributed by atoms with Gasteiger partial charge in [-0.1, -0.05) is 34.8 Å². The molecule has 1 rings (SSSR count). The molecule has 0 unspecified atom stereocenters. The Morgan fingerprint density at radius 3 is 2.07 bits per heavy atom. The number of rotatable bonds is 1. The largest absolute Gasteiger partial charge is 0.469 e. The van der Waals surface area contributed by atoms with Crippen LogP contribution < -0.4 is 0 Å². The number of halogens is 3. The van der Waals surface area contributed by atoms with Gasteiger partial charge < -0.3 is 4.74 Å². The average Bonchev–Trinajstić information content (AvgIpc) is 2.15. The minimum Gasteiger partial charge on any atom is -0.469 e. The zero-order chi connectivity index (χ0) is 10.8. The van der Waals surface area contributed by atoms with Crippen LogP contribution in [0.2, 0.25) is 0 Å². The summed E-state index contributed by atoms with van der Waals surface area (Å²) in [6.45, 7) is 0. The van der Waals surface area contributed by atoms with Gasteiger partial charge in [0.2, 0.25) is 0 Å². The fourth-order valence-electron chi connectivity index (χ4n) is 1.82. The third-order valence-electron chi connectivity index (χ3n) is 2.72. The first-order valence-corrected chi connectivity index (χ1v) is 5.73. The molecule has 0 aromatic carbocycles. The van der Waals surface area contributed by atoms with Crippen molar-refractivity contribution in [2.45, 2.75) is 29.5 Å². The second kappa shape index (κ2) is 4.91. The molecule has 14 heavy (non-hydrogen) atoms. The Bertz CT molecular complexity index is 205. The van der Waals surface area contributed by atoms with Crippen molar-refractivity contribution in [2.75, 3.05) is 7.11 Å². The normalized spacial score (nSPS) is 28.6. The van der Waals surface area contributed by atoms with Crippen molar-refractivity contribution >= 4 is 40.8 Å². The second-order valence-electron chi connectivity index (χ2n) is 3.61. The molecule has 0 aromatic rings. The summed E-state index contributed by atoms with van der Waals surface area (Å²) in [6, 6.07) is 0. The van der Waals surface area contributed by atoms with E-state index in [4.69, 9.17) is 34.8 Å². The summed E-state index contributed by atoms with van der Waals surface area (Å²) in [5, 5.41) is 0. The summed E-state index contributed by atoms with van der Waals surface area (Å²) in [5.41, 5.74) is 0. The van der Waals surface area contributed by atoms with Gasteiger partial charge in [-0.05, 0) is 25.7 Å². The quantitative estimate of drug-likeness (QED) is 0.533. The number of hydrogen-bond acceptors (Lipinski definition) is 2. The monoisotopic (exact) mass is 258 g/mol. The summed E-state index contributed by atoms with van der Waals surface area (Å²) in [4.78, 5) is 11.2. The van der Waals surface area contributed by atoms with E-state index in [1.165, 1.54) is 7.11 Å². The molecule has 2 nitrogen and oxygen atoms in total. The Hall–Kier alpha value is 0.340. The predicted molar refractivity (Wildman–Crippen MR) is 57.8 cm³/mol. The molecule has 1 fully saturated rings. The molecule has 0 aliphatic heterocycles. The first-order chi connectivity index (χ1) is 6.45. The smallest absolute Gasteiger partial charge is 0.308 e. The number of ether oxygens (including phenoxy) is 1. The molecule has 0 aromatic heterocycles. The van der Waals surface area contributed by atoms with Gasteiger partial charge in [0, 0.05) is 5.92 Å². The van der Waals surface area contributed by atoms with Gasteiger partial charge in [-0.15, -0.1) is 0 Å². The van der Waals surface area contributed by atoms with Crippen LogP contribution in [0.3, 0.4) is 0 Å². The molecule has 1 saturated carbocycles. The maximum atomic E-state index is 11.2. The van der Waals surface area contributed by atoms with Crippen LogP contribution in [0.4, 0.5) is 0 Å². The van der Waals surface area contributed by atoms with E-state index < -0.39 is 3.79 Å². The summed E-state index contributed by atoms with van der Waals surface area (Å²) in [6.07, 6.45) is 3.06. The van der Waals surface area contributed by atoms with Crippen molar-refractivity contribution in [1.29, 1.82) is 0 Å². The summed E-state index contributed by atoms with van der Waals surface area (Å²) in [7, 11) is 1.41. The number of alkyl halides is 3. The molecular formula is C9H13Cl3O2. The van der Waals surface area contributed by atoms with E-state index in [0.717, 1.165) is 25.7 Å². The highest BCUT2D eigenvalue weighted by Gasteiger charge is 2.37. The Balaban J connectivity index is 2.43. The Kier molecular flexibility index (Phi) is 4.35. The van der Waals surface area contributed by atoms with Crippen LogP contribution in [-0.4, -0.2) is 16.9 Å². The summed E-state index contributed by atoms with van der Waals surface area (Å²) < 4.78 is 3.48. The molecule has 0 N–H and O–H groups in total. The minimum atomic E-state index is -1.19. The molecule has 0 bridgehead atoms.